The number of piperidine rings is 1. The molecular formula is C21H31NO2. The summed E-state index contributed by atoms with van der Waals surface area (Å²) in [5, 5.41) is 20.6. The average molecular weight is 329 g/mol. The van der Waals surface area contributed by atoms with Crippen LogP contribution in [0.25, 0.3) is 0 Å². The molecule has 4 rings (SSSR count). The summed E-state index contributed by atoms with van der Waals surface area (Å²) in [6.07, 6.45) is 6.41. The van der Waals surface area contributed by atoms with E-state index in [2.05, 4.69) is 31.7 Å². The van der Waals surface area contributed by atoms with Gasteiger partial charge in [-0.05, 0) is 67.3 Å². The van der Waals surface area contributed by atoms with E-state index >= 15 is 0 Å². The first-order valence-corrected chi connectivity index (χ1v) is 9.60. The van der Waals surface area contributed by atoms with Crippen LogP contribution in [0.2, 0.25) is 0 Å². The Hall–Kier alpha value is -1.06. The molecule has 2 atom stereocenters. The number of likely N-dealkylation sites (tertiary alicyclic amines) is 1. The second-order valence-corrected chi connectivity index (χ2v) is 9.06. The van der Waals surface area contributed by atoms with E-state index in [1.165, 1.54) is 17.5 Å². The Balaban J connectivity index is 1.79. The molecule has 3 aliphatic rings. The van der Waals surface area contributed by atoms with Gasteiger partial charge in [0.1, 0.15) is 5.75 Å². The van der Waals surface area contributed by atoms with Gasteiger partial charge < -0.3 is 10.2 Å². The Morgan fingerprint density at radius 2 is 1.96 bits per heavy atom. The molecule has 0 amide bonds. The monoisotopic (exact) mass is 329 g/mol. The minimum atomic E-state index is -0.421. The van der Waals surface area contributed by atoms with Crippen LogP contribution in [0.3, 0.4) is 0 Å². The lowest BCUT2D eigenvalue weighted by atomic mass is 9.48. The normalized spacial score (nSPS) is 33.1. The maximum atomic E-state index is 10.5. The molecule has 0 spiro atoms. The lowest BCUT2D eigenvalue weighted by Gasteiger charge is -2.62. The quantitative estimate of drug-likeness (QED) is 0.887. The first-order valence-electron chi connectivity index (χ1n) is 9.60. The highest BCUT2D eigenvalue weighted by atomic mass is 16.3. The van der Waals surface area contributed by atoms with E-state index in [-0.39, 0.29) is 10.8 Å². The Morgan fingerprint density at radius 3 is 2.62 bits per heavy atom. The summed E-state index contributed by atoms with van der Waals surface area (Å²) in [4.78, 5) is 2.57. The number of β-amino-alcohol motifs (C(OH)–C–C–N with tert-alkyl or cyclic N) is 1. The van der Waals surface area contributed by atoms with E-state index in [1.54, 1.807) is 0 Å². The molecule has 0 aromatic heterocycles. The molecule has 2 fully saturated rings. The summed E-state index contributed by atoms with van der Waals surface area (Å²) in [5.41, 5.74) is 2.65. The molecule has 132 valence electrons. The first-order chi connectivity index (χ1) is 11.3. The van der Waals surface area contributed by atoms with Crippen molar-refractivity contribution in [3.63, 3.8) is 0 Å². The highest BCUT2D eigenvalue weighted by molar-refractivity contribution is 5.46. The standard InChI is InChI=1S/C21H31NO2/c1-4-7-21-10-11-22(14-20(24)8-9-20)18(19(21,2)3)12-15-5-6-16(23)13-17(15)21/h5-6,13,18,23-24H,4,7-12,14H2,1-3H3. The maximum absolute atomic E-state index is 10.5. The third-order valence-corrected chi connectivity index (χ3v) is 7.36. The lowest BCUT2D eigenvalue weighted by Crippen LogP contribution is -2.65. The van der Waals surface area contributed by atoms with Gasteiger partial charge in [0.2, 0.25) is 0 Å². The predicted molar refractivity (Wildman–Crippen MR) is 96.3 cm³/mol. The van der Waals surface area contributed by atoms with Crippen LogP contribution in [0.4, 0.5) is 0 Å². The smallest absolute Gasteiger partial charge is 0.115 e. The van der Waals surface area contributed by atoms with Crippen LogP contribution in [0.1, 0.15) is 64.0 Å². The summed E-state index contributed by atoms with van der Waals surface area (Å²) in [5.74, 6) is 0.396. The van der Waals surface area contributed by atoms with Crippen LogP contribution in [-0.2, 0) is 11.8 Å². The number of rotatable bonds is 4. The fourth-order valence-electron chi connectivity index (χ4n) is 5.73. The highest BCUT2D eigenvalue weighted by Gasteiger charge is 2.59. The molecule has 2 N–H and O–H groups in total. The topological polar surface area (TPSA) is 43.7 Å². The van der Waals surface area contributed by atoms with Crippen molar-refractivity contribution in [2.24, 2.45) is 5.41 Å². The van der Waals surface area contributed by atoms with Gasteiger partial charge in [0.15, 0.2) is 0 Å². The molecule has 1 saturated carbocycles. The second kappa shape index (κ2) is 5.22. The molecule has 2 bridgehead atoms. The molecule has 3 heteroatoms. The van der Waals surface area contributed by atoms with Gasteiger partial charge in [0.05, 0.1) is 5.60 Å². The van der Waals surface area contributed by atoms with E-state index in [9.17, 15) is 10.2 Å². The van der Waals surface area contributed by atoms with Gasteiger partial charge in [-0.25, -0.2) is 0 Å². The summed E-state index contributed by atoms with van der Waals surface area (Å²) in [7, 11) is 0. The van der Waals surface area contributed by atoms with Crippen molar-refractivity contribution < 1.29 is 10.2 Å². The zero-order valence-corrected chi connectivity index (χ0v) is 15.3. The SMILES string of the molecule is CCCC12CCN(CC3(O)CC3)C(Cc3ccc(O)cc31)C2(C)C. The number of phenolic OH excluding ortho intramolecular Hbond substituents is 1. The number of aromatic hydroxyl groups is 1. The molecule has 1 aliphatic heterocycles. The zero-order valence-electron chi connectivity index (χ0n) is 15.3. The van der Waals surface area contributed by atoms with Crippen LogP contribution in [-0.4, -0.2) is 39.8 Å². The highest BCUT2D eigenvalue weighted by Crippen LogP contribution is 2.59. The molecule has 24 heavy (non-hydrogen) atoms. The van der Waals surface area contributed by atoms with Crippen LogP contribution < -0.4 is 0 Å². The predicted octanol–water partition coefficient (Wildman–Crippen LogP) is 3.61. The third kappa shape index (κ3) is 2.24. The molecule has 2 aliphatic carbocycles. The van der Waals surface area contributed by atoms with Crippen LogP contribution in [0.5, 0.6) is 5.75 Å². The van der Waals surface area contributed by atoms with Crippen molar-refractivity contribution in [3.05, 3.63) is 29.3 Å². The summed E-state index contributed by atoms with van der Waals surface area (Å²) >= 11 is 0. The van der Waals surface area contributed by atoms with Crippen LogP contribution in [0, 0.1) is 5.41 Å². The molecular weight excluding hydrogens is 298 g/mol. The number of hydrogen-bond acceptors (Lipinski definition) is 3. The third-order valence-electron chi connectivity index (χ3n) is 7.36. The van der Waals surface area contributed by atoms with Crippen molar-refractivity contribution in [1.82, 2.24) is 4.90 Å². The van der Waals surface area contributed by atoms with Gasteiger partial charge in [-0.15, -0.1) is 0 Å². The molecule has 1 saturated heterocycles. The van der Waals surface area contributed by atoms with Gasteiger partial charge in [-0.2, -0.15) is 0 Å². The van der Waals surface area contributed by atoms with Crippen LogP contribution in [0.15, 0.2) is 18.2 Å². The number of hydrogen-bond donors (Lipinski definition) is 2. The van der Waals surface area contributed by atoms with Gasteiger partial charge in [0, 0.05) is 18.0 Å². The maximum Gasteiger partial charge on any atom is 0.115 e. The molecule has 0 radical (unpaired) electrons. The molecule has 2 unspecified atom stereocenters. The number of benzene rings is 1. The minimum absolute atomic E-state index is 0.140. The van der Waals surface area contributed by atoms with Crippen molar-refractivity contribution in [1.29, 1.82) is 0 Å². The fraction of sp³-hybridized carbons (Fsp3) is 0.714. The minimum Gasteiger partial charge on any atom is -0.508 e. The van der Waals surface area contributed by atoms with Crippen molar-refractivity contribution in [2.75, 3.05) is 13.1 Å². The molecule has 1 aromatic rings. The average Bonchev–Trinajstić information content (AvgIpc) is 3.23. The zero-order chi connectivity index (χ0) is 17.2. The van der Waals surface area contributed by atoms with Crippen LogP contribution >= 0.6 is 0 Å². The van der Waals surface area contributed by atoms with Crippen molar-refractivity contribution in [2.45, 2.75) is 76.4 Å². The van der Waals surface area contributed by atoms with E-state index < -0.39 is 5.60 Å². The number of phenols is 1. The molecule has 3 nitrogen and oxygen atoms in total. The summed E-state index contributed by atoms with van der Waals surface area (Å²) in [6, 6.07) is 6.48. The second-order valence-electron chi connectivity index (χ2n) is 9.06. The Bertz CT molecular complexity index is 649. The molecule has 1 aromatic carbocycles. The van der Waals surface area contributed by atoms with Gasteiger partial charge >= 0.3 is 0 Å². The molecule has 1 heterocycles. The van der Waals surface area contributed by atoms with Gasteiger partial charge in [-0.1, -0.05) is 33.3 Å². The summed E-state index contributed by atoms with van der Waals surface area (Å²) in [6.45, 7) is 9.01. The number of fused-ring (bicyclic) bond motifs is 4. The van der Waals surface area contributed by atoms with Crippen molar-refractivity contribution >= 4 is 0 Å². The van der Waals surface area contributed by atoms with E-state index in [1.807, 2.05) is 12.1 Å². The van der Waals surface area contributed by atoms with E-state index in [0.717, 1.165) is 45.2 Å². The van der Waals surface area contributed by atoms with E-state index in [4.69, 9.17) is 0 Å². The number of aliphatic hydroxyl groups is 1. The number of nitrogens with zero attached hydrogens (tertiary/aromatic N) is 1. The van der Waals surface area contributed by atoms with E-state index in [0.29, 0.717) is 11.8 Å². The summed E-state index contributed by atoms with van der Waals surface area (Å²) < 4.78 is 0. The largest absolute Gasteiger partial charge is 0.508 e. The van der Waals surface area contributed by atoms with Crippen molar-refractivity contribution in [3.8, 4) is 5.75 Å². The Kier molecular flexibility index (Phi) is 3.57. The first kappa shape index (κ1) is 16.4. The Labute approximate surface area is 145 Å². The lowest BCUT2D eigenvalue weighted by molar-refractivity contribution is -0.0683. The van der Waals surface area contributed by atoms with Gasteiger partial charge in [0.25, 0.3) is 0 Å². The fourth-order valence-corrected chi connectivity index (χ4v) is 5.73. The Morgan fingerprint density at radius 1 is 1.21 bits per heavy atom. The van der Waals surface area contributed by atoms with Gasteiger partial charge in [-0.3, -0.25) is 4.90 Å².